The maximum atomic E-state index is 5.49. The van der Waals surface area contributed by atoms with E-state index in [1.165, 1.54) is 0 Å². The fraction of sp³-hybridized carbons (Fsp3) is 0.357. The summed E-state index contributed by atoms with van der Waals surface area (Å²) < 4.78 is 8.30. The monoisotopic (exact) mass is 323 g/mol. The standard InChI is InChI=1S/C14H18BrN3O/c1-4-16-10(2)14-12(6-5-7-13(14)19-3)18-9-11(15)8-17-18/h5-10,16H,4H2,1-3H3. The quantitative estimate of drug-likeness (QED) is 0.917. The molecule has 2 aromatic rings. The molecule has 1 atom stereocenters. The van der Waals surface area contributed by atoms with E-state index in [4.69, 9.17) is 4.74 Å². The van der Waals surface area contributed by atoms with Gasteiger partial charge in [0.05, 0.1) is 23.5 Å². The number of benzene rings is 1. The minimum absolute atomic E-state index is 0.194. The van der Waals surface area contributed by atoms with E-state index in [0.717, 1.165) is 28.0 Å². The smallest absolute Gasteiger partial charge is 0.125 e. The molecule has 0 saturated heterocycles. The summed E-state index contributed by atoms with van der Waals surface area (Å²) >= 11 is 3.43. The van der Waals surface area contributed by atoms with Gasteiger partial charge >= 0.3 is 0 Å². The molecule has 5 heteroatoms. The lowest BCUT2D eigenvalue weighted by Crippen LogP contribution is -2.20. The van der Waals surface area contributed by atoms with Crippen LogP contribution < -0.4 is 10.1 Å². The number of methoxy groups -OCH3 is 1. The van der Waals surface area contributed by atoms with E-state index in [2.05, 4.69) is 40.2 Å². The molecule has 0 saturated carbocycles. The van der Waals surface area contributed by atoms with Crippen LogP contribution in [0.25, 0.3) is 5.69 Å². The summed E-state index contributed by atoms with van der Waals surface area (Å²) in [7, 11) is 1.69. The Kier molecular flexibility index (Phi) is 4.61. The molecule has 0 spiro atoms. The van der Waals surface area contributed by atoms with Gasteiger partial charge in [0.2, 0.25) is 0 Å². The molecule has 1 unspecified atom stereocenters. The Morgan fingerprint density at radius 2 is 2.26 bits per heavy atom. The third-order valence-corrected chi connectivity index (χ3v) is 3.41. The highest BCUT2D eigenvalue weighted by Gasteiger charge is 2.17. The summed E-state index contributed by atoms with van der Waals surface area (Å²) in [6, 6.07) is 6.20. The van der Waals surface area contributed by atoms with Gasteiger partial charge in [-0.05, 0) is 41.5 Å². The summed E-state index contributed by atoms with van der Waals surface area (Å²) in [6.07, 6.45) is 3.72. The van der Waals surface area contributed by atoms with Crippen LogP contribution in [-0.2, 0) is 0 Å². The molecular formula is C14H18BrN3O. The van der Waals surface area contributed by atoms with Crippen LogP contribution >= 0.6 is 15.9 Å². The van der Waals surface area contributed by atoms with Crippen LogP contribution in [0.2, 0.25) is 0 Å². The van der Waals surface area contributed by atoms with Crippen LogP contribution in [0.5, 0.6) is 5.75 Å². The fourth-order valence-electron chi connectivity index (χ4n) is 2.19. The minimum atomic E-state index is 0.194. The second-order valence-corrected chi connectivity index (χ2v) is 5.19. The average Bonchev–Trinajstić information content (AvgIpc) is 2.84. The van der Waals surface area contributed by atoms with Gasteiger partial charge in [-0.2, -0.15) is 5.10 Å². The molecule has 19 heavy (non-hydrogen) atoms. The lowest BCUT2D eigenvalue weighted by Gasteiger charge is -2.20. The largest absolute Gasteiger partial charge is 0.496 e. The summed E-state index contributed by atoms with van der Waals surface area (Å²) in [5.41, 5.74) is 2.14. The van der Waals surface area contributed by atoms with Gasteiger partial charge in [-0.1, -0.05) is 13.0 Å². The molecule has 0 aliphatic rings. The summed E-state index contributed by atoms with van der Waals surface area (Å²) in [5, 5.41) is 7.77. The van der Waals surface area contributed by atoms with Crippen LogP contribution in [0.1, 0.15) is 25.5 Å². The molecule has 1 heterocycles. The van der Waals surface area contributed by atoms with Crippen molar-refractivity contribution >= 4 is 15.9 Å². The van der Waals surface area contributed by atoms with Gasteiger partial charge in [0.15, 0.2) is 0 Å². The Morgan fingerprint density at radius 1 is 1.47 bits per heavy atom. The zero-order valence-electron chi connectivity index (χ0n) is 11.4. The molecule has 1 aromatic heterocycles. The van der Waals surface area contributed by atoms with Crippen LogP contribution in [-0.4, -0.2) is 23.4 Å². The van der Waals surface area contributed by atoms with Crippen molar-refractivity contribution in [2.75, 3.05) is 13.7 Å². The zero-order valence-corrected chi connectivity index (χ0v) is 12.9. The predicted molar refractivity (Wildman–Crippen MR) is 79.9 cm³/mol. The van der Waals surface area contributed by atoms with Crippen molar-refractivity contribution in [1.29, 1.82) is 0 Å². The Balaban J connectivity index is 2.53. The normalized spacial score (nSPS) is 12.4. The third-order valence-electron chi connectivity index (χ3n) is 3.00. The molecule has 0 aliphatic carbocycles. The molecule has 4 nitrogen and oxygen atoms in total. The minimum Gasteiger partial charge on any atom is -0.496 e. The van der Waals surface area contributed by atoms with Gasteiger partial charge < -0.3 is 10.1 Å². The van der Waals surface area contributed by atoms with E-state index in [0.29, 0.717) is 0 Å². The maximum absolute atomic E-state index is 5.49. The average molecular weight is 324 g/mol. The molecule has 0 bridgehead atoms. The number of hydrogen-bond acceptors (Lipinski definition) is 3. The first-order valence-electron chi connectivity index (χ1n) is 6.28. The molecule has 2 rings (SSSR count). The highest BCUT2D eigenvalue weighted by Crippen LogP contribution is 2.31. The van der Waals surface area contributed by atoms with E-state index in [9.17, 15) is 0 Å². The van der Waals surface area contributed by atoms with Gasteiger partial charge in [0.25, 0.3) is 0 Å². The summed E-state index contributed by atoms with van der Waals surface area (Å²) in [4.78, 5) is 0. The number of ether oxygens (including phenoxy) is 1. The predicted octanol–water partition coefficient (Wildman–Crippen LogP) is 3.31. The molecule has 0 amide bonds. The van der Waals surface area contributed by atoms with Gasteiger partial charge in [0, 0.05) is 17.8 Å². The summed E-state index contributed by atoms with van der Waals surface area (Å²) in [5.74, 6) is 0.873. The van der Waals surface area contributed by atoms with Gasteiger partial charge in [-0.15, -0.1) is 0 Å². The van der Waals surface area contributed by atoms with Crippen molar-refractivity contribution in [2.45, 2.75) is 19.9 Å². The van der Waals surface area contributed by atoms with E-state index < -0.39 is 0 Å². The van der Waals surface area contributed by atoms with Crippen molar-refractivity contribution in [3.8, 4) is 11.4 Å². The van der Waals surface area contributed by atoms with Crippen LogP contribution in [0.4, 0.5) is 0 Å². The molecular weight excluding hydrogens is 306 g/mol. The van der Waals surface area contributed by atoms with Gasteiger partial charge in [-0.3, -0.25) is 0 Å². The SMILES string of the molecule is CCNC(C)c1c(OC)cccc1-n1cc(Br)cn1. The molecule has 0 aliphatic heterocycles. The topological polar surface area (TPSA) is 39.1 Å². The van der Waals surface area contributed by atoms with E-state index in [-0.39, 0.29) is 6.04 Å². The Hall–Kier alpha value is -1.33. The van der Waals surface area contributed by atoms with Crippen molar-refractivity contribution in [2.24, 2.45) is 0 Å². The number of halogens is 1. The number of aromatic nitrogens is 2. The van der Waals surface area contributed by atoms with E-state index in [1.54, 1.807) is 13.3 Å². The van der Waals surface area contributed by atoms with Crippen molar-refractivity contribution in [1.82, 2.24) is 15.1 Å². The zero-order chi connectivity index (χ0) is 13.8. The highest BCUT2D eigenvalue weighted by atomic mass is 79.9. The molecule has 102 valence electrons. The van der Waals surface area contributed by atoms with Gasteiger partial charge in [0.1, 0.15) is 5.75 Å². The van der Waals surface area contributed by atoms with Gasteiger partial charge in [-0.25, -0.2) is 4.68 Å². The fourth-order valence-corrected chi connectivity index (χ4v) is 2.47. The Labute approximate surface area is 121 Å². The maximum Gasteiger partial charge on any atom is 0.125 e. The molecule has 0 radical (unpaired) electrons. The highest BCUT2D eigenvalue weighted by molar-refractivity contribution is 9.10. The second-order valence-electron chi connectivity index (χ2n) is 4.28. The van der Waals surface area contributed by atoms with E-state index >= 15 is 0 Å². The summed E-state index contributed by atoms with van der Waals surface area (Å²) in [6.45, 7) is 5.13. The van der Waals surface area contributed by atoms with Crippen molar-refractivity contribution in [3.63, 3.8) is 0 Å². The first-order valence-corrected chi connectivity index (χ1v) is 7.07. The molecule has 1 N–H and O–H groups in total. The van der Waals surface area contributed by atoms with Crippen LogP contribution in [0, 0.1) is 0 Å². The van der Waals surface area contributed by atoms with Crippen molar-refractivity contribution in [3.05, 3.63) is 40.6 Å². The lowest BCUT2D eigenvalue weighted by atomic mass is 10.0. The first-order chi connectivity index (χ1) is 9.17. The number of nitrogens with zero attached hydrogens (tertiary/aromatic N) is 2. The Morgan fingerprint density at radius 3 is 2.84 bits per heavy atom. The van der Waals surface area contributed by atoms with Crippen LogP contribution in [0.15, 0.2) is 35.1 Å². The number of rotatable bonds is 5. The number of nitrogens with one attached hydrogen (secondary N) is 1. The lowest BCUT2D eigenvalue weighted by molar-refractivity contribution is 0.401. The first kappa shape index (κ1) is 14.1. The second kappa shape index (κ2) is 6.21. The molecule has 1 aromatic carbocycles. The van der Waals surface area contributed by atoms with E-state index in [1.807, 2.05) is 29.1 Å². The molecule has 0 fully saturated rings. The third kappa shape index (κ3) is 2.98. The number of hydrogen-bond donors (Lipinski definition) is 1. The van der Waals surface area contributed by atoms with Crippen LogP contribution in [0.3, 0.4) is 0 Å². The Bertz CT molecular complexity index is 553. The van der Waals surface area contributed by atoms with Crippen molar-refractivity contribution < 1.29 is 4.74 Å².